The van der Waals surface area contributed by atoms with Crippen LogP contribution >= 0.6 is 11.3 Å². The molecule has 14 heavy (non-hydrogen) atoms. The second-order valence-corrected chi connectivity index (χ2v) is 4.69. The van der Waals surface area contributed by atoms with Crippen molar-refractivity contribution >= 4 is 17.2 Å². The lowest BCUT2D eigenvalue weighted by Gasteiger charge is -2.07. The Labute approximate surface area is 89.3 Å². The number of carbonyl (C=O) groups excluding carboxylic acids is 1. The lowest BCUT2D eigenvalue weighted by molar-refractivity contribution is -0.121. The minimum atomic E-state index is 0.163. The lowest BCUT2D eigenvalue weighted by Crippen LogP contribution is -2.29. The van der Waals surface area contributed by atoms with Crippen LogP contribution in [0, 0.1) is 0 Å². The third-order valence-corrected chi connectivity index (χ3v) is 2.79. The summed E-state index contributed by atoms with van der Waals surface area (Å²) in [5.41, 5.74) is 0. The van der Waals surface area contributed by atoms with Gasteiger partial charge < -0.3 is 5.32 Å². The zero-order valence-electron chi connectivity index (χ0n) is 8.75. The highest BCUT2D eigenvalue weighted by Crippen LogP contribution is 2.11. The Balaban J connectivity index is 2.12. The normalized spacial score (nSPS) is 10.5. The van der Waals surface area contributed by atoms with Crippen molar-refractivity contribution in [1.29, 1.82) is 0 Å². The van der Waals surface area contributed by atoms with Crippen LogP contribution < -0.4 is 5.32 Å². The Hall–Kier alpha value is -0.830. The summed E-state index contributed by atoms with van der Waals surface area (Å²) < 4.78 is 0. The van der Waals surface area contributed by atoms with Crippen LogP contribution in [-0.2, 0) is 11.2 Å². The van der Waals surface area contributed by atoms with Crippen molar-refractivity contribution in [2.45, 2.75) is 39.2 Å². The largest absolute Gasteiger partial charge is 0.354 e. The molecule has 0 atom stereocenters. The Morgan fingerprint density at radius 3 is 2.93 bits per heavy atom. The monoisotopic (exact) mass is 211 g/mol. The van der Waals surface area contributed by atoms with Gasteiger partial charge in [-0.15, -0.1) is 11.3 Å². The molecule has 1 N–H and O–H groups in total. The molecule has 0 bridgehead atoms. The first-order chi connectivity index (χ1) is 6.68. The molecule has 0 radical (unpaired) electrons. The summed E-state index contributed by atoms with van der Waals surface area (Å²) in [6.07, 6.45) is 2.60. The van der Waals surface area contributed by atoms with Crippen molar-refractivity contribution in [2.24, 2.45) is 0 Å². The molecule has 0 aliphatic rings. The highest BCUT2D eigenvalue weighted by atomic mass is 32.1. The lowest BCUT2D eigenvalue weighted by atomic mass is 10.2. The predicted octanol–water partition coefficient (Wildman–Crippen LogP) is 2.60. The Morgan fingerprint density at radius 2 is 2.36 bits per heavy atom. The molecule has 0 aliphatic carbocycles. The van der Waals surface area contributed by atoms with Gasteiger partial charge in [-0.1, -0.05) is 6.07 Å². The molecular formula is C11H17NOS. The number of aryl methyl sites for hydroxylation is 1. The Morgan fingerprint density at radius 1 is 1.57 bits per heavy atom. The van der Waals surface area contributed by atoms with Gasteiger partial charge in [-0.3, -0.25) is 4.79 Å². The summed E-state index contributed by atoms with van der Waals surface area (Å²) >= 11 is 1.76. The van der Waals surface area contributed by atoms with Crippen LogP contribution in [-0.4, -0.2) is 11.9 Å². The zero-order chi connectivity index (χ0) is 10.4. The summed E-state index contributed by atoms with van der Waals surface area (Å²) in [6, 6.07) is 4.42. The van der Waals surface area contributed by atoms with Gasteiger partial charge in [0.25, 0.3) is 0 Å². The first-order valence-electron chi connectivity index (χ1n) is 5.00. The van der Waals surface area contributed by atoms with Gasteiger partial charge in [-0.05, 0) is 38.1 Å². The maximum absolute atomic E-state index is 11.3. The molecule has 1 aromatic heterocycles. The average molecular weight is 211 g/mol. The Kier molecular flexibility index (Phi) is 4.66. The fraction of sp³-hybridized carbons (Fsp3) is 0.545. The van der Waals surface area contributed by atoms with Crippen molar-refractivity contribution in [2.75, 3.05) is 0 Å². The third-order valence-electron chi connectivity index (χ3n) is 1.86. The van der Waals surface area contributed by atoms with Crippen molar-refractivity contribution < 1.29 is 4.79 Å². The number of amides is 1. The van der Waals surface area contributed by atoms with Gasteiger partial charge in [0.15, 0.2) is 0 Å². The van der Waals surface area contributed by atoms with Crippen molar-refractivity contribution in [3.63, 3.8) is 0 Å². The quantitative estimate of drug-likeness (QED) is 0.797. The van der Waals surface area contributed by atoms with Crippen molar-refractivity contribution in [1.82, 2.24) is 5.32 Å². The second kappa shape index (κ2) is 5.81. The van der Waals surface area contributed by atoms with Crippen LogP contribution in [0.3, 0.4) is 0 Å². The van der Waals surface area contributed by atoms with E-state index in [9.17, 15) is 4.79 Å². The maximum Gasteiger partial charge on any atom is 0.220 e. The van der Waals surface area contributed by atoms with Crippen molar-refractivity contribution in [3.8, 4) is 0 Å². The van der Waals surface area contributed by atoms with E-state index in [-0.39, 0.29) is 11.9 Å². The summed E-state index contributed by atoms with van der Waals surface area (Å²) in [4.78, 5) is 12.6. The first-order valence-corrected chi connectivity index (χ1v) is 5.88. The van der Waals surface area contributed by atoms with Crippen LogP contribution in [0.4, 0.5) is 0 Å². The number of rotatable bonds is 5. The number of thiophene rings is 1. The van der Waals surface area contributed by atoms with Gasteiger partial charge in [0.05, 0.1) is 0 Å². The number of carbonyl (C=O) groups is 1. The van der Waals surface area contributed by atoms with Gasteiger partial charge in [0.2, 0.25) is 5.91 Å². The number of hydrogen-bond donors (Lipinski definition) is 1. The van der Waals surface area contributed by atoms with Gasteiger partial charge in [0, 0.05) is 17.3 Å². The summed E-state index contributed by atoms with van der Waals surface area (Å²) in [5.74, 6) is 0.163. The van der Waals surface area contributed by atoms with E-state index in [2.05, 4.69) is 16.8 Å². The van der Waals surface area contributed by atoms with Gasteiger partial charge >= 0.3 is 0 Å². The van der Waals surface area contributed by atoms with Crippen LogP contribution in [0.2, 0.25) is 0 Å². The highest BCUT2D eigenvalue weighted by Gasteiger charge is 2.02. The van der Waals surface area contributed by atoms with E-state index in [1.165, 1.54) is 4.88 Å². The molecule has 0 aromatic carbocycles. The van der Waals surface area contributed by atoms with E-state index < -0.39 is 0 Å². The molecule has 78 valence electrons. The van der Waals surface area contributed by atoms with Crippen LogP contribution in [0.25, 0.3) is 0 Å². The minimum Gasteiger partial charge on any atom is -0.354 e. The minimum absolute atomic E-state index is 0.163. The summed E-state index contributed by atoms with van der Waals surface area (Å²) in [5, 5.41) is 4.96. The van der Waals surface area contributed by atoms with E-state index in [1.807, 2.05) is 19.9 Å². The zero-order valence-corrected chi connectivity index (χ0v) is 9.56. The molecule has 1 amide bonds. The van der Waals surface area contributed by atoms with E-state index in [0.717, 1.165) is 12.8 Å². The number of nitrogens with one attached hydrogen (secondary N) is 1. The average Bonchev–Trinajstić information content (AvgIpc) is 2.55. The molecule has 0 unspecified atom stereocenters. The maximum atomic E-state index is 11.3. The van der Waals surface area contributed by atoms with Crippen LogP contribution in [0.15, 0.2) is 17.5 Å². The first kappa shape index (κ1) is 11.2. The van der Waals surface area contributed by atoms with E-state index >= 15 is 0 Å². The molecule has 0 spiro atoms. The molecule has 0 fully saturated rings. The van der Waals surface area contributed by atoms with E-state index in [1.54, 1.807) is 11.3 Å². The van der Waals surface area contributed by atoms with Gasteiger partial charge in [0.1, 0.15) is 0 Å². The fourth-order valence-corrected chi connectivity index (χ4v) is 2.02. The molecule has 0 aliphatic heterocycles. The highest BCUT2D eigenvalue weighted by molar-refractivity contribution is 7.09. The smallest absolute Gasteiger partial charge is 0.220 e. The SMILES string of the molecule is CC(C)NC(=O)CCCc1cccs1. The predicted molar refractivity (Wildman–Crippen MR) is 60.5 cm³/mol. The topological polar surface area (TPSA) is 29.1 Å². The molecule has 3 heteroatoms. The molecule has 1 rings (SSSR count). The van der Waals surface area contributed by atoms with Gasteiger partial charge in [-0.2, -0.15) is 0 Å². The van der Waals surface area contributed by atoms with Crippen molar-refractivity contribution in [3.05, 3.63) is 22.4 Å². The van der Waals surface area contributed by atoms with Crippen LogP contribution in [0.1, 0.15) is 31.6 Å². The summed E-state index contributed by atoms with van der Waals surface area (Å²) in [7, 11) is 0. The molecular weight excluding hydrogens is 194 g/mol. The van der Waals surface area contributed by atoms with E-state index in [0.29, 0.717) is 6.42 Å². The molecule has 2 nitrogen and oxygen atoms in total. The summed E-state index contributed by atoms with van der Waals surface area (Å²) in [6.45, 7) is 3.97. The molecule has 0 saturated carbocycles. The molecule has 0 saturated heterocycles. The molecule has 1 aromatic rings. The van der Waals surface area contributed by atoms with Gasteiger partial charge in [-0.25, -0.2) is 0 Å². The standard InChI is InChI=1S/C11H17NOS/c1-9(2)12-11(13)7-3-5-10-6-4-8-14-10/h4,6,8-9H,3,5,7H2,1-2H3,(H,12,13). The third kappa shape index (κ3) is 4.42. The molecule has 1 heterocycles. The second-order valence-electron chi connectivity index (χ2n) is 3.66. The fourth-order valence-electron chi connectivity index (χ4n) is 1.27. The Bertz CT molecular complexity index is 267. The number of hydrogen-bond acceptors (Lipinski definition) is 2. The van der Waals surface area contributed by atoms with Crippen LogP contribution in [0.5, 0.6) is 0 Å². The van der Waals surface area contributed by atoms with E-state index in [4.69, 9.17) is 0 Å².